The molecule has 1 aromatic carbocycles. The number of aliphatic hydroxyl groups excluding tert-OH is 1. The maximum Gasteiger partial charge on any atom is 0.417 e. The maximum atomic E-state index is 12.1. The van der Waals surface area contributed by atoms with E-state index in [1.165, 1.54) is 18.4 Å². The number of amides is 1. The molecule has 197 valence electrons. The van der Waals surface area contributed by atoms with Gasteiger partial charge in [0.15, 0.2) is 0 Å². The van der Waals surface area contributed by atoms with Gasteiger partial charge in [0, 0.05) is 51.4 Å². The Labute approximate surface area is 231 Å². The fraction of sp³-hybridized carbons (Fsp3) is 0.652. The molecule has 0 saturated carbocycles. The van der Waals surface area contributed by atoms with Crippen molar-refractivity contribution >= 4 is 17.7 Å². The predicted molar refractivity (Wildman–Crippen MR) is 135 cm³/mol. The van der Waals surface area contributed by atoms with E-state index in [1.807, 2.05) is 14.1 Å². The van der Waals surface area contributed by atoms with Crippen molar-refractivity contribution in [1.82, 2.24) is 5.32 Å². The zero-order valence-corrected chi connectivity index (χ0v) is 25.0. The topological polar surface area (TPSA) is 154 Å². The Morgan fingerprint density at radius 1 is 1.15 bits per heavy atom. The van der Waals surface area contributed by atoms with Gasteiger partial charge in [-0.3, -0.25) is 9.69 Å². The summed E-state index contributed by atoms with van der Waals surface area (Å²) in [6.45, 7) is 9.35. The second-order valence-electron chi connectivity index (χ2n) is 6.92. The van der Waals surface area contributed by atoms with Gasteiger partial charge in [0.05, 0.1) is 13.2 Å². The van der Waals surface area contributed by atoms with Crippen LogP contribution in [0.25, 0.3) is 5.32 Å². The Bertz CT molecular complexity index is 588. The largest absolute Gasteiger partial charge is 0.664 e. The van der Waals surface area contributed by atoms with Crippen molar-refractivity contribution in [3.63, 3.8) is 0 Å². The van der Waals surface area contributed by atoms with Gasteiger partial charge in [-0.1, -0.05) is 46.2 Å². The summed E-state index contributed by atoms with van der Waals surface area (Å²) in [7, 11) is 6.78. The Morgan fingerprint density at radius 3 is 1.97 bits per heavy atom. The molecule has 10 nitrogen and oxygen atoms in total. The number of anilines is 1. The Morgan fingerprint density at radius 2 is 1.65 bits per heavy atom. The quantitative estimate of drug-likeness (QED) is 0.204. The molecular formula is C23H46N5O5Y-. The van der Waals surface area contributed by atoms with Gasteiger partial charge in [-0.25, -0.2) is 4.79 Å². The third kappa shape index (κ3) is 21.4. The first kappa shape index (κ1) is 40.1. The normalized spacial score (nSPS) is 10.0. The molecule has 0 aliphatic heterocycles. The molecule has 0 aliphatic carbocycles. The van der Waals surface area contributed by atoms with Gasteiger partial charge in [0.2, 0.25) is 0 Å². The van der Waals surface area contributed by atoms with E-state index in [-0.39, 0.29) is 51.8 Å². The fourth-order valence-corrected chi connectivity index (χ4v) is 1.81. The summed E-state index contributed by atoms with van der Waals surface area (Å²) in [6.07, 6.45) is -0.400. The summed E-state index contributed by atoms with van der Waals surface area (Å²) >= 11 is 0. The van der Waals surface area contributed by atoms with Gasteiger partial charge < -0.3 is 36.7 Å². The van der Waals surface area contributed by atoms with E-state index in [4.69, 9.17) is 20.3 Å². The fourth-order valence-electron chi connectivity index (χ4n) is 1.81. The number of esters is 1. The number of nitrogens with two attached hydrogens (primary N) is 2. The van der Waals surface area contributed by atoms with E-state index in [2.05, 4.69) is 30.2 Å². The van der Waals surface area contributed by atoms with Gasteiger partial charge in [-0.15, -0.1) is 6.54 Å². The van der Waals surface area contributed by atoms with Crippen molar-refractivity contribution in [3.05, 3.63) is 35.1 Å². The van der Waals surface area contributed by atoms with Crippen LogP contribution in [-0.4, -0.2) is 71.3 Å². The number of hydrogen-bond acceptors (Lipinski definition) is 8. The first-order valence-corrected chi connectivity index (χ1v) is 11.0. The molecule has 1 radical (unpaired) electrons. The van der Waals surface area contributed by atoms with Crippen molar-refractivity contribution in [2.24, 2.45) is 17.4 Å². The van der Waals surface area contributed by atoms with E-state index in [0.717, 1.165) is 18.7 Å². The van der Waals surface area contributed by atoms with Crippen LogP contribution in [0.4, 0.5) is 10.5 Å². The molecule has 1 amide bonds. The molecular weight excluding hydrogens is 515 g/mol. The molecule has 0 fully saturated rings. The smallest absolute Gasteiger partial charge is 0.417 e. The van der Waals surface area contributed by atoms with Crippen molar-refractivity contribution in [2.45, 2.75) is 47.0 Å². The third-order valence-electron chi connectivity index (χ3n) is 3.54. The van der Waals surface area contributed by atoms with Crippen LogP contribution >= 0.6 is 0 Å². The molecule has 34 heavy (non-hydrogen) atoms. The number of aliphatic hydroxyl groups is 1. The number of carbonyl (C=O) groups excluding carboxylic acids is 2. The molecule has 1 unspecified atom stereocenters. The van der Waals surface area contributed by atoms with Crippen molar-refractivity contribution < 1.29 is 56.9 Å². The van der Waals surface area contributed by atoms with Crippen LogP contribution in [0.1, 0.15) is 39.7 Å². The molecule has 6 N–H and O–H groups in total. The molecule has 1 aromatic rings. The van der Waals surface area contributed by atoms with Gasteiger partial charge >= 0.3 is 12.1 Å². The molecule has 0 bridgehead atoms. The molecule has 1 atom stereocenters. The van der Waals surface area contributed by atoms with Crippen LogP contribution in [0.15, 0.2) is 24.3 Å². The Balaban J connectivity index is -0.000000316. The van der Waals surface area contributed by atoms with Gasteiger partial charge in [-0.2, -0.15) is 7.05 Å². The number of likely N-dealkylation sites (N-methyl/N-ethyl adjacent to an activating group) is 2. The van der Waals surface area contributed by atoms with Crippen molar-refractivity contribution in [1.29, 1.82) is 0 Å². The zero-order chi connectivity index (χ0) is 26.2. The molecule has 0 aromatic heterocycles. The monoisotopic (exact) mass is 561 g/mol. The zero-order valence-electron chi connectivity index (χ0n) is 22.2. The summed E-state index contributed by atoms with van der Waals surface area (Å²) in [4.78, 5) is 24.6. The van der Waals surface area contributed by atoms with E-state index in [0.29, 0.717) is 5.69 Å². The number of nitrogens with zero attached hydrogens (tertiary/aromatic N) is 2. The average Bonchev–Trinajstić information content (AvgIpc) is 2.83. The molecule has 1 rings (SSSR count). The standard InChI is InChI=1S/C15H22N2O5.C4H11N2.C3H8.CH5N.Y/c1-10(2)14(21-13(19)8-16)22-15(20)17(3)12-6-4-11(9-18)5-7-12;1-5-3-4-6-2;1-3-2;1-2;/h4-7,10,14,18H,8-9,16H2,1-3H3;5H,3-4H2,1-2H3;3H2,1-2H3;2H2,1H3;/q;-1;;;. The Kier molecular flexibility index (Phi) is 33.1. The minimum absolute atomic E-state index is 0. The van der Waals surface area contributed by atoms with Crippen LogP contribution in [0.5, 0.6) is 0 Å². The van der Waals surface area contributed by atoms with Gasteiger partial charge in [-0.05, 0) is 38.3 Å². The minimum atomic E-state index is -0.997. The number of ether oxygens (including phenoxy) is 2. The summed E-state index contributed by atoms with van der Waals surface area (Å²) in [5.41, 5.74) is 11.0. The predicted octanol–water partition coefficient (Wildman–Crippen LogP) is 2.43. The first-order valence-electron chi connectivity index (χ1n) is 11.0. The van der Waals surface area contributed by atoms with Crippen LogP contribution in [0.3, 0.4) is 0 Å². The average molecular weight is 562 g/mol. The van der Waals surface area contributed by atoms with E-state index in [9.17, 15) is 9.59 Å². The summed E-state index contributed by atoms with van der Waals surface area (Å²) in [5.74, 6) is -0.842. The summed E-state index contributed by atoms with van der Waals surface area (Å²) in [5, 5.41) is 15.8. The number of benzene rings is 1. The molecule has 0 saturated heterocycles. The molecule has 0 heterocycles. The van der Waals surface area contributed by atoms with Crippen molar-refractivity contribution in [3.8, 4) is 0 Å². The molecule has 0 spiro atoms. The molecule has 0 aliphatic rings. The second-order valence-corrected chi connectivity index (χ2v) is 6.92. The summed E-state index contributed by atoms with van der Waals surface area (Å²) < 4.78 is 10.2. The number of carbonyl (C=O) groups is 2. The van der Waals surface area contributed by atoms with E-state index >= 15 is 0 Å². The SMILES string of the molecule is CC(C)C(OC(=O)CN)OC(=O)N(C)c1ccc(CO)cc1.CCC.CN.C[N-]CCNC.[Y]. The molecule has 11 heteroatoms. The number of hydrogen-bond donors (Lipinski definition) is 4. The summed E-state index contributed by atoms with van der Waals surface area (Å²) in [6, 6.07) is 6.77. The van der Waals surface area contributed by atoms with E-state index < -0.39 is 18.4 Å². The number of rotatable bonds is 9. The van der Waals surface area contributed by atoms with Crippen LogP contribution in [0, 0.1) is 5.92 Å². The Hall–Kier alpha value is -1.14. The van der Waals surface area contributed by atoms with Crippen molar-refractivity contribution in [2.75, 3.05) is 52.7 Å². The number of nitrogens with one attached hydrogen (secondary N) is 1. The van der Waals surface area contributed by atoms with Gasteiger partial charge in [0.25, 0.3) is 6.29 Å². The second kappa shape index (κ2) is 28.1. The van der Waals surface area contributed by atoms with Gasteiger partial charge in [0.1, 0.15) is 0 Å². The maximum absolute atomic E-state index is 12.1. The van der Waals surface area contributed by atoms with Crippen LogP contribution in [0.2, 0.25) is 0 Å². The van der Waals surface area contributed by atoms with Crippen LogP contribution in [-0.2, 0) is 53.6 Å². The first-order chi connectivity index (χ1) is 15.7. The third-order valence-corrected chi connectivity index (χ3v) is 3.54. The van der Waals surface area contributed by atoms with E-state index in [1.54, 1.807) is 45.2 Å². The van der Waals surface area contributed by atoms with Crippen LogP contribution < -0.4 is 21.7 Å². The minimum Gasteiger partial charge on any atom is -0.664 e.